The van der Waals surface area contributed by atoms with Gasteiger partial charge < -0.3 is 5.32 Å². The molecule has 1 aliphatic carbocycles. The Morgan fingerprint density at radius 2 is 2.15 bits per heavy atom. The molecule has 0 aliphatic heterocycles. The largest absolute Gasteiger partial charge is 0.324 e. The van der Waals surface area contributed by atoms with Crippen molar-refractivity contribution in [2.75, 3.05) is 5.32 Å². The normalized spacial score (nSPS) is 14.3. The lowest BCUT2D eigenvalue weighted by atomic mass is 9.97. The van der Waals surface area contributed by atoms with Crippen LogP contribution in [0.3, 0.4) is 0 Å². The van der Waals surface area contributed by atoms with Crippen LogP contribution in [-0.2, 0) is 24.2 Å². The summed E-state index contributed by atoms with van der Waals surface area (Å²) >= 11 is 1.61. The first-order valence-corrected chi connectivity index (χ1v) is 10.3. The Labute approximate surface area is 162 Å². The number of aromatic nitrogens is 2. The van der Waals surface area contributed by atoms with Gasteiger partial charge in [-0.3, -0.25) is 14.2 Å². The van der Waals surface area contributed by atoms with E-state index in [1.54, 1.807) is 11.3 Å². The Balaban J connectivity index is 1.59. The molecule has 1 atom stereocenters. The van der Waals surface area contributed by atoms with Crippen molar-refractivity contribution in [3.8, 4) is 0 Å². The van der Waals surface area contributed by atoms with E-state index >= 15 is 0 Å². The molecule has 0 fully saturated rings. The molecule has 6 heteroatoms. The Morgan fingerprint density at radius 3 is 2.96 bits per heavy atom. The number of nitrogens with zero attached hydrogens (tertiary/aromatic N) is 2. The molecule has 4 rings (SSSR count). The number of carbonyl (C=O) groups excluding carboxylic acids is 1. The molecule has 1 aromatic carbocycles. The maximum atomic E-state index is 12.9. The van der Waals surface area contributed by atoms with Crippen LogP contribution >= 0.6 is 11.3 Å². The average Bonchev–Trinajstić information content (AvgIpc) is 3.25. The maximum absolute atomic E-state index is 12.9. The molecule has 27 heavy (non-hydrogen) atoms. The first kappa shape index (κ1) is 17.9. The van der Waals surface area contributed by atoms with Gasteiger partial charge in [0.05, 0.1) is 11.7 Å². The molecule has 1 N–H and O–H groups in total. The molecule has 2 heterocycles. The zero-order valence-corrected chi connectivity index (χ0v) is 16.4. The molecule has 140 valence electrons. The van der Waals surface area contributed by atoms with Gasteiger partial charge in [-0.2, -0.15) is 0 Å². The molecule has 0 saturated heterocycles. The lowest BCUT2D eigenvalue weighted by Gasteiger charge is -2.16. The highest BCUT2D eigenvalue weighted by atomic mass is 32.1. The Morgan fingerprint density at radius 1 is 1.33 bits per heavy atom. The minimum Gasteiger partial charge on any atom is -0.324 e. The number of para-hydroxylation sites is 1. The quantitative estimate of drug-likeness (QED) is 0.724. The number of aryl methyl sites for hydroxylation is 2. The second kappa shape index (κ2) is 7.27. The third kappa shape index (κ3) is 3.30. The zero-order valence-electron chi connectivity index (χ0n) is 15.6. The van der Waals surface area contributed by atoms with Gasteiger partial charge in [-0.25, -0.2) is 4.98 Å². The minimum atomic E-state index is -0.208. The zero-order chi connectivity index (χ0) is 19.0. The smallest absolute Gasteiger partial charge is 0.262 e. The Hall–Kier alpha value is -2.47. The number of benzene rings is 1. The monoisotopic (exact) mass is 381 g/mol. The van der Waals surface area contributed by atoms with Crippen molar-refractivity contribution in [3.05, 3.63) is 57.0 Å². The van der Waals surface area contributed by atoms with E-state index in [2.05, 4.69) is 24.1 Å². The fraction of sp³-hybridized carbons (Fsp3) is 0.381. The Kier molecular flexibility index (Phi) is 4.83. The number of hydrogen-bond donors (Lipinski definition) is 1. The average molecular weight is 382 g/mol. The third-order valence-electron chi connectivity index (χ3n) is 5.38. The summed E-state index contributed by atoms with van der Waals surface area (Å²) in [4.78, 5) is 32.0. The van der Waals surface area contributed by atoms with Crippen molar-refractivity contribution in [3.63, 3.8) is 0 Å². The van der Waals surface area contributed by atoms with Crippen LogP contribution in [0.5, 0.6) is 0 Å². The van der Waals surface area contributed by atoms with E-state index in [4.69, 9.17) is 0 Å². The second-order valence-corrected chi connectivity index (χ2v) is 8.24. The third-order valence-corrected chi connectivity index (χ3v) is 6.58. The number of fused-ring (bicyclic) bond motifs is 3. The molecule has 0 saturated carbocycles. The van der Waals surface area contributed by atoms with E-state index in [1.807, 2.05) is 24.3 Å². The van der Waals surface area contributed by atoms with E-state index < -0.39 is 0 Å². The molecule has 0 bridgehead atoms. The summed E-state index contributed by atoms with van der Waals surface area (Å²) in [6.07, 6.45) is 5.55. The summed E-state index contributed by atoms with van der Waals surface area (Å²) in [6.45, 7) is 4.24. The summed E-state index contributed by atoms with van der Waals surface area (Å²) in [5.74, 6) is 0.150. The van der Waals surface area contributed by atoms with E-state index in [1.165, 1.54) is 15.8 Å². The van der Waals surface area contributed by atoms with Crippen LogP contribution in [0.4, 0.5) is 5.69 Å². The molecule has 2 aromatic heterocycles. The summed E-state index contributed by atoms with van der Waals surface area (Å²) in [5.41, 5.74) is 2.97. The first-order chi connectivity index (χ1) is 13.1. The summed E-state index contributed by atoms with van der Waals surface area (Å²) in [7, 11) is 0. The second-order valence-electron chi connectivity index (χ2n) is 7.16. The van der Waals surface area contributed by atoms with Crippen molar-refractivity contribution in [1.29, 1.82) is 0 Å². The number of carbonyl (C=O) groups is 1. The molecule has 3 aromatic rings. The fourth-order valence-corrected chi connectivity index (χ4v) is 4.96. The molecule has 0 spiro atoms. The van der Waals surface area contributed by atoms with Crippen LogP contribution < -0.4 is 10.9 Å². The lowest BCUT2D eigenvalue weighted by molar-refractivity contribution is -0.116. The van der Waals surface area contributed by atoms with Crippen molar-refractivity contribution in [2.45, 2.75) is 52.0 Å². The van der Waals surface area contributed by atoms with Crippen molar-refractivity contribution < 1.29 is 4.79 Å². The highest BCUT2D eigenvalue weighted by molar-refractivity contribution is 7.18. The number of amides is 1. The van der Waals surface area contributed by atoms with E-state index in [0.717, 1.165) is 47.3 Å². The summed E-state index contributed by atoms with van der Waals surface area (Å²) in [5, 5.41) is 3.68. The standard InChI is InChI=1S/C21H23N3O2S/c1-3-13(2)14-7-4-5-9-16(14)23-18(25)11-24-12-22-20-19(21(24)26)15-8-6-10-17(15)27-20/h4-5,7,9,12-13H,3,6,8,10-11H2,1-2H3,(H,23,25). The van der Waals surface area contributed by atoms with Gasteiger partial charge in [0.1, 0.15) is 11.4 Å². The summed E-state index contributed by atoms with van der Waals surface area (Å²) in [6, 6.07) is 7.85. The SMILES string of the molecule is CCC(C)c1ccccc1NC(=O)Cn1cnc2sc3c(c2c1=O)CCC3. The predicted octanol–water partition coefficient (Wildman–Crippen LogP) is 4.10. The van der Waals surface area contributed by atoms with Crippen LogP contribution in [0.2, 0.25) is 0 Å². The van der Waals surface area contributed by atoms with Gasteiger partial charge in [-0.1, -0.05) is 32.0 Å². The molecule has 5 nitrogen and oxygen atoms in total. The number of anilines is 1. The molecule has 1 unspecified atom stereocenters. The van der Waals surface area contributed by atoms with Gasteiger partial charge >= 0.3 is 0 Å². The van der Waals surface area contributed by atoms with Crippen LogP contribution in [0, 0.1) is 0 Å². The molecule has 1 aliphatic rings. The molecular formula is C21H23N3O2S. The highest BCUT2D eigenvalue weighted by Crippen LogP contribution is 2.34. The molecular weight excluding hydrogens is 358 g/mol. The van der Waals surface area contributed by atoms with Crippen molar-refractivity contribution >= 4 is 33.1 Å². The van der Waals surface area contributed by atoms with E-state index in [0.29, 0.717) is 11.3 Å². The van der Waals surface area contributed by atoms with Gasteiger partial charge in [-0.15, -0.1) is 11.3 Å². The van der Waals surface area contributed by atoms with Crippen molar-refractivity contribution in [1.82, 2.24) is 9.55 Å². The maximum Gasteiger partial charge on any atom is 0.262 e. The number of nitrogens with one attached hydrogen (secondary N) is 1. The fourth-order valence-electron chi connectivity index (χ4n) is 3.74. The van der Waals surface area contributed by atoms with Gasteiger partial charge in [-0.05, 0) is 48.8 Å². The highest BCUT2D eigenvalue weighted by Gasteiger charge is 2.21. The van der Waals surface area contributed by atoms with E-state index in [9.17, 15) is 9.59 Å². The number of rotatable bonds is 5. The van der Waals surface area contributed by atoms with E-state index in [-0.39, 0.29) is 18.0 Å². The topological polar surface area (TPSA) is 64.0 Å². The van der Waals surface area contributed by atoms with Crippen LogP contribution in [-0.4, -0.2) is 15.5 Å². The van der Waals surface area contributed by atoms with Gasteiger partial charge in [0, 0.05) is 10.6 Å². The van der Waals surface area contributed by atoms with Crippen LogP contribution in [0.1, 0.15) is 48.6 Å². The number of hydrogen-bond acceptors (Lipinski definition) is 4. The molecule has 1 amide bonds. The van der Waals surface area contributed by atoms with Gasteiger partial charge in [0.25, 0.3) is 5.56 Å². The van der Waals surface area contributed by atoms with Crippen molar-refractivity contribution in [2.24, 2.45) is 0 Å². The predicted molar refractivity (Wildman–Crippen MR) is 110 cm³/mol. The van der Waals surface area contributed by atoms with Gasteiger partial charge in [0.2, 0.25) is 5.91 Å². The Bertz CT molecular complexity index is 1070. The number of thiophene rings is 1. The van der Waals surface area contributed by atoms with Crippen LogP contribution in [0.25, 0.3) is 10.2 Å². The first-order valence-electron chi connectivity index (χ1n) is 9.47. The van der Waals surface area contributed by atoms with Gasteiger partial charge in [0.15, 0.2) is 0 Å². The van der Waals surface area contributed by atoms with Crippen LogP contribution in [0.15, 0.2) is 35.4 Å². The lowest BCUT2D eigenvalue weighted by Crippen LogP contribution is -2.28. The molecule has 0 radical (unpaired) electrons. The minimum absolute atomic E-state index is 0.0266. The summed E-state index contributed by atoms with van der Waals surface area (Å²) < 4.78 is 1.43.